The quantitative estimate of drug-likeness (QED) is 0.675. The number of primary amides is 1. The molecule has 1 aliphatic rings. The van der Waals surface area contributed by atoms with Crippen molar-refractivity contribution in [2.45, 2.75) is 18.6 Å². The maximum Gasteiger partial charge on any atom is 0.248 e. The molecular formula is C20H21Cl2N3O4S. The summed E-state index contributed by atoms with van der Waals surface area (Å²) in [4.78, 5) is 24.0. The molecule has 0 radical (unpaired) electrons. The van der Waals surface area contributed by atoms with Crippen molar-refractivity contribution in [2.75, 3.05) is 18.4 Å². The molecule has 0 spiro atoms. The molecule has 2 aromatic carbocycles. The van der Waals surface area contributed by atoms with Crippen molar-refractivity contribution in [3.8, 4) is 0 Å². The Bertz CT molecular complexity index is 1080. The van der Waals surface area contributed by atoms with Gasteiger partial charge in [0, 0.05) is 34.4 Å². The Balaban J connectivity index is 1.68. The van der Waals surface area contributed by atoms with Gasteiger partial charge in [-0.05, 0) is 48.7 Å². The van der Waals surface area contributed by atoms with E-state index in [-0.39, 0.29) is 28.8 Å². The van der Waals surface area contributed by atoms with E-state index in [1.165, 1.54) is 16.4 Å². The topological polar surface area (TPSA) is 110 Å². The summed E-state index contributed by atoms with van der Waals surface area (Å²) < 4.78 is 27.1. The van der Waals surface area contributed by atoms with Crippen LogP contribution < -0.4 is 11.1 Å². The number of anilines is 1. The SMILES string of the molecule is NC(=O)c1cccc(NC(=O)C2CCCN(S(=O)(=O)Cc3ccc(Cl)cc3Cl)C2)c1. The zero-order chi connectivity index (χ0) is 21.9. The van der Waals surface area contributed by atoms with Gasteiger partial charge in [0.25, 0.3) is 0 Å². The minimum atomic E-state index is -3.66. The summed E-state index contributed by atoms with van der Waals surface area (Å²) in [6.07, 6.45) is 1.13. The first-order chi connectivity index (χ1) is 14.2. The van der Waals surface area contributed by atoms with Gasteiger partial charge in [0.15, 0.2) is 0 Å². The lowest BCUT2D eigenvalue weighted by molar-refractivity contribution is -0.120. The van der Waals surface area contributed by atoms with Crippen LogP contribution in [0.5, 0.6) is 0 Å². The maximum absolute atomic E-state index is 12.9. The monoisotopic (exact) mass is 469 g/mol. The average molecular weight is 470 g/mol. The lowest BCUT2D eigenvalue weighted by Gasteiger charge is -2.31. The number of nitrogens with two attached hydrogens (primary N) is 1. The molecule has 1 fully saturated rings. The van der Waals surface area contributed by atoms with Gasteiger partial charge in [-0.1, -0.05) is 35.3 Å². The van der Waals surface area contributed by atoms with Crippen LogP contribution in [0.2, 0.25) is 10.0 Å². The van der Waals surface area contributed by atoms with E-state index in [0.717, 1.165) is 0 Å². The molecule has 0 saturated carbocycles. The number of halogens is 2. The Kier molecular flexibility index (Phi) is 7.02. The largest absolute Gasteiger partial charge is 0.366 e. The molecule has 3 N–H and O–H groups in total. The van der Waals surface area contributed by atoms with Crippen LogP contribution in [0.15, 0.2) is 42.5 Å². The Morgan fingerprint density at radius 2 is 1.93 bits per heavy atom. The summed E-state index contributed by atoms with van der Waals surface area (Å²) in [7, 11) is -3.66. The van der Waals surface area contributed by atoms with E-state index in [9.17, 15) is 18.0 Å². The molecule has 2 amide bonds. The van der Waals surface area contributed by atoms with E-state index in [2.05, 4.69) is 5.32 Å². The Labute approximate surface area is 185 Å². The van der Waals surface area contributed by atoms with Crippen LogP contribution >= 0.6 is 23.2 Å². The molecule has 10 heteroatoms. The van der Waals surface area contributed by atoms with Gasteiger partial charge in [0.05, 0.1) is 11.7 Å². The Morgan fingerprint density at radius 1 is 1.17 bits per heavy atom. The first-order valence-corrected chi connectivity index (χ1v) is 11.6. The second-order valence-corrected chi connectivity index (χ2v) is 9.94. The minimum Gasteiger partial charge on any atom is -0.366 e. The van der Waals surface area contributed by atoms with E-state index in [1.807, 2.05) is 0 Å². The molecule has 160 valence electrons. The molecule has 0 aliphatic carbocycles. The number of carbonyl (C=O) groups is 2. The first-order valence-electron chi connectivity index (χ1n) is 9.28. The summed E-state index contributed by atoms with van der Waals surface area (Å²) in [5.74, 6) is -1.67. The highest BCUT2D eigenvalue weighted by atomic mass is 35.5. The molecule has 1 unspecified atom stereocenters. The van der Waals surface area contributed by atoms with E-state index in [1.54, 1.807) is 30.3 Å². The zero-order valence-corrected chi connectivity index (χ0v) is 18.3. The summed E-state index contributed by atoms with van der Waals surface area (Å²) >= 11 is 12.0. The number of benzene rings is 2. The van der Waals surface area contributed by atoms with Gasteiger partial charge in [-0.25, -0.2) is 12.7 Å². The number of piperidine rings is 1. The van der Waals surface area contributed by atoms with Gasteiger partial charge < -0.3 is 11.1 Å². The lowest BCUT2D eigenvalue weighted by atomic mass is 9.98. The molecular weight excluding hydrogens is 449 g/mol. The van der Waals surface area contributed by atoms with Crippen LogP contribution in [0.4, 0.5) is 5.69 Å². The van der Waals surface area contributed by atoms with Crippen LogP contribution in [0.1, 0.15) is 28.8 Å². The highest BCUT2D eigenvalue weighted by Gasteiger charge is 2.32. The number of hydrogen-bond acceptors (Lipinski definition) is 4. The van der Waals surface area contributed by atoms with Crippen molar-refractivity contribution in [3.05, 3.63) is 63.6 Å². The smallest absolute Gasteiger partial charge is 0.248 e. The molecule has 1 aliphatic heterocycles. The van der Waals surface area contributed by atoms with Gasteiger partial charge in [-0.15, -0.1) is 0 Å². The van der Waals surface area contributed by atoms with Crippen molar-refractivity contribution in [1.82, 2.24) is 4.31 Å². The standard InChI is InChI=1S/C20H21Cl2N3O4S/c21-16-7-6-15(18(22)10-16)12-30(28,29)25-8-2-4-14(11-25)20(27)24-17-5-1-3-13(9-17)19(23)26/h1,3,5-7,9-10,14H,2,4,8,11-12H2,(H2,23,26)(H,24,27). The molecule has 3 rings (SSSR count). The molecule has 7 nitrogen and oxygen atoms in total. The van der Waals surface area contributed by atoms with Gasteiger partial charge >= 0.3 is 0 Å². The van der Waals surface area contributed by atoms with E-state index < -0.39 is 21.8 Å². The second-order valence-electron chi connectivity index (χ2n) is 7.12. The van der Waals surface area contributed by atoms with Crippen LogP contribution in [0, 0.1) is 5.92 Å². The van der Waals surface area contributed by atoms with Gasteiger partial charge in [0.2, 0.25) is 21.8 Å². The average Bonchev–Trinajstić information content (AvgIpc) is 2.70. The summed E-state index contributed by atoms with van der Waals surface area (Å²) in [6, 6.07) is 11.0. The van der Waals surface area contributed by atoms with E-state index >= 15 is 0 Å². The molecule has 1 heterocycles. The van der Waals surface area contributed by atoms with Gasteiger partial charge in [-0.2, -0.15) is 0 Å². The highest BCUT2D eigenvalue weighted by molar-refractivity contribution is 7.88. The number of rotatable bonds is 6. The molecule has 30 heavy (non-hydrogen) atoms. The second kappa shape index (κ2) is 9.34. The third kappa shape index (κ3) is 5.51. The highest BCUT2D eigenvalue weighted by Crippen LogP contribution is 2.27. The van der Waals surface area contributed by atoms with Crippen LogP contribution in [0.25, 0.3) is 0 Å². The van der Waals surface area contributed by atoms with E-state index in [0.29, 0.717) is 35.7 Å². The summed E-state index contributed by atoms with van der Waals surface area (Å²) in [6.45, 7) is 0.420. The summed E-state index contributed by atoms with van der Waals surface area (Å²) in [5.41, 5.74) is 6.43. The van der Waals surface area contributed by atoms with Crippen molar-refractivity contribution < 1.29 is 18.0 Å². The van der Waals surface area contributed by atoms with Gasteiger partial charge in [-0.3, -0.25) is 9.59 Å². The lowest BCUT2D eigenvalue weighted by Crippen LogP contribution is -2.44. The normalized spacial score (nSPS) is 17.5. The Hall–Kier alpha value is -2.13. The predicted molar refractivity (Wildman–Crippen MR) is 117 cm³/mol. The summed E-state index contributed by atoms with van der Waals surface area (Å²) in [5, 5.41) is 3.45. The Morgan fingerprint density at radius 3 is 2.63 bits per heavy atom. The number of sulfonamides is 1. The fraction of sp³-hybridized carbons (Fsp3) is 0.300. The van der Waals surface area contributed by atoms with Crippen molar-refractivity contribution in [2.24, 2.45) is 11.7 Å². The molecule has 1 saturated heterocycles. The predicted octanol–water partition coefficient (Wildman–Crippen LogP) is 3.27. The van der Waals surface area contributed by atoms with Crippen LogP contribution in [-0.2, 0) is 20.6 Å². The molecule has 2 aromatic rings. The van der Waals surface area contributed by atoms with Crippen molar-refractivity contribution in [1.29, 1.82) is 0 Å². The number of nitrogens with zero attached hydrogens (tertiary/aromatic N) is 1. The number of hydrogen-bond donors (Lipinski definition) is 2. The van der Waals surface area contributed by atoms with E-state index in [4.69, 9.17) is 28.9 Å². The molecule has 0 aromatic heterocycles. The fourth-order valence-electron chi connectivity index (χ4n) is 3.33. The number of amides is 2. The first kappa shape index (κ1) is 22.6. The number of nitrogens with one attached hydrogen (secondary N) is 1. The van der Waals surface area contributed by atoms with Crippen LogP contribution in [-0.4, -0.2) is 37.6 Å². The van der Waals surface area contributed by atoms with Gasteiger partial charge in [0.1, 0.15) is 0 Å². The molecule has 0 bridgehead atoms. The molecule has 1 atom stereocenters. The van der Waals surface area contributed by atoms with Crippen molar-refractivity contribution in [3.63, 3.8) is 0 Å². The fourth-order valence-corrected chi connectivity index (χ4v) is 5.53. The third-order valence-corrected chi connectivity index (χ3v) is 7.30. The maximum atomic E-state index is 12.9. The minimum absolute atomic E-state index is 0.0783. The van der Waals surface area contributed by atoms with Crippen molar-refractivity contribution >= 4 is 50.7 Å². The zero-order valence-electron chi connectivity index (χ0n) is 16.0. The number of carbonyl (C=O) groups excluding carboxylic acids is 2. The third-order valence-electron chi connectivity index (χ3n) is 4.92. The van der Waals surface area contributed by atoms with Crippen LogP contribution in [0.3, 0.4) is 0 Å².